The van der Waals surface area contributed by atoms with E-state index in [1.807, 2.05) is 42.6 Å². The first kappa shape index (κ1) is 14.2. The van der Waals surface area contributed by atoms with Crippen molar-refractivity contribution in [1.82, 2.24) is 24.7 Å². The number of hydrogen-bond donors (Lipinski definition) is 0. The molecule has 114 valence electrons. The van der Waals surface area contributed by atoms with Gasteiger partial charge in [-0.3, -0.25) is 0 Å². The molecular weight excluding hydrogens is 334 g/mol. The SMILES string of the molecule is Clc1ccc(-c2cc(CSc3nc4ncccn4n3)on2)cc1. The predicted molar refractivity (Wildman–Crippen MR) is 87.3 cm³/mol. The maximum Gasteiger partial charge on any atom is 0.253 e. The van der Waals surface area contributed by atoms with Crippen LogP contribution in [-0.2, 0) is 5.75 Å². The molecule has 0 N–H and O–H groups in total. The van der Waals surface area contributed by atoms with Gasteiger partial charge >= 0.3 is 0 Å². The molecule has 0 radical (unpaired) electrons. The fourth-order valence-corrected chi connectivity index (χ4v) is 2.87. The lowest BCUT2D eigenvalue weighted by Gasteiger charge is -1.94. The van der Waals surface area contributed by atoms with Gasteiger partial charge in [0.2, 0.25) is 5.16 Å². The number of hydrogen-bond acceptors (Lipinski definition) is 6. The summed E-state index contributed by atoms with van der Waals surface area (Å²) in [5.41, 5.74) is 1.74. The number of benzene rings is 1. The van der Waals surface area contributed by atoms with Crippen LogP contribution in [0.4, 0.5) is 0 Å². The largest absolute Gasteiger partial charge is 0.360 e. The molecule has 3 heterocycles. The molecule has 3 aromatic heterocycles. The molecule has 0 bridgehead atoms. The fraction of sp³-hybridized carbons (Fsp3) is 0.0667. The molecule has 0 atom stereocenters. The molecule has 0 fully saturated rings. The quantitative estimate of drug-likeness (QED) is 0.526. The molecule has 4 aromatic rings. The zero-order valence-electron chi connectivity index (χ0n) is 11.8. The van der Waals surface area contributed by atoms with Gasteiger partial charge in [0.05, 0.1) is 5.75 Å². The zero-order valence-corrected chi connectivity index (χ0v) is 13.3. The van der Waals surface area contributed by atoms with Crippen LogP contribution in [0.15, 0.2) is 58.5 Å². The average molecular weight is 344 g/mol. The molecule has 0 saturated heterocycles. The summed E-state index contributed by atoms with van der Waals surface area (Å²) >= 11 is 7.36. The molecule has 0 aliphatic heterocycles. The van der Waals surface area contributed by atoms with Gasteiger partial charge in [0, 0.05) is 29.0 Å². The highest BCUT2D eigenvalue weighted by Crippen LogP contribution is 2.25. The number of nitrogens with zero attached hydrogens (tertiary/aromatic N) is 5. The highest BCUT2D eigenvalue weighted by molar-refractivity contribution is 7.98. The monoisotopic (exact) mass is 343 g/mol. The number of halogens is 1. The molecule has 23 heavy (non-hydrogen) atoms. The lowest BCUT2D eigenvalue weighted by molar-refractivity contribution is 0.397. The highest BCUT2D eigenvalue weighted by atomic mass is 35.5. The Balaban J connectivity index is 1.48. The Hall–Kier alpha value is -2.38. The van der Waals surface area contributed by atoms with Crippen molar-refractivity contribution in [3.8, 4) is 11.3 Å². The number of aromatic nitrogens is 5. The van der Waals surface area contributed by atoms with Crippen molar-refractivity contribution < 1.29 is 4.52 Å². The summed E-state index contributed by atoms with van der Waals surface area (Å²) in [4.78, 5) is 8.47. The van der Waals surface area contributed by atoms with Crippen LogP contribution in [0, 0.1) is 0 Å². The van der Waals surface area contributed by atoms with Crippen molar-refractivity contribution in [3.63, 3.8) is 0 Å². The van der Waals surface area contributed by atoms with Gasteiger partial charge in [0.25, 0.3) is 5.78 Å². The lowest BCUT2D eigenvalue weighted by Crippen LogP contribution is -1.87. The van der Waals surface area contributed by atoms with Crippen molar-refractivity contribution >= 4 is 29.1 Å². The molecule has 0 aliphatic rings. The van der Waals surface area contributed by atoms with Crippen molar-refractivity contribution in [3.05, 3.63) is 59.6 Å². The lowest BCUT2D eigenvalue weighted by atomic mass is 10.1. The number of fused-ring (bicyclic) bond motifs is 1. The Morgan fingerprint density at radius 1 is 1.22 bits per heavy atom. The summed E-state index contributed by atoms with van der Waals surface area (Å²) < 4.78 is 7.00. The van der Waals surface area contributed by atoms with Gasteiger partial charge in [0.1, 0.15) is 11.5 Å². The molecule has 4 rings (SSSR count). The first-order valence-corrected chi connectivity index (χ1v) is 8.16. The van der Waals surface area contributed by atoms with E-state index in [1.165, 1.54) is 11.8 Å². The second kappa shape index (κ2) is 6.02. The van der Waals surface area contributed by atoms with E-state index in [0.29, 0.717) is 21.7 Å². The van der Waals surface area contributed by atoms with Gasteiger partial charge in [-0.15, -0.1) is 5.10 Å². The van der Waals surface area contributed by atoms with E-state index in [4.69, 9.17) is 16.1 Å². The van der Waals surface area contributed by atoms with E-state index >= 15 is 0 Å². The summed E-state index contributed by atoms with van der Waals surface area (Å²) in [6.45, 7) is 0. The molecule has 0 saturated carbocycles. The van der Waals surface area contributed by atoms with Crippen molar-refractivity contribution in [2.45, 2.75) is 10.9 Å². The summed E-state index contributed by atoms with van der Waals surface area (Å²) in [6.07, 6.45) is 3.50. The van der Waals surface area contributed by atoms with Gasteiger partial charge in [-0.25, -0.2) is 9.50 Å². The van der Waals surface area contributed by atoms with Crippen molar-refractivity contribution in [1.29, 1.82) is 0 Å². The van der Waals surface area contributed by atoms with E-state index in [2.05, 4.69) is 20.2 Å². The van der Waals surface area contributed by atoms with Crippen LogP contribution in [0.1, 0.15) is 5.76 Å². The molecule has 0 spiro atoms. The van der Waals surface area contributed by atoms with Gasteiger partial charge in [-0.05, 0) is 18.2 Å². The smallest absolute Gasteiger partial charge is 0.253 e. The van der Waals surface area contributed by atoms with Gasteiger partial charge < -0.3 is 4.52 Å². The third kappa shape index (κ3) is 3.06. The van der Waals surface area contributed by atoms with E-state index in [0.717, 1.165) is 17.0 Å². The number of thioether (sulfide) groups is 1. The van der Waals surface area contributed by atoms with E-state index in [9.17, 15) is 0 Å². The molecule has 0 unspecified atom stereocenters. The molecule has 8 heteroatoms. The van der Waals surface area contributed by atoms with Crippen LogP contribution in [0.2, 0.25) is 5.02 Å². The molecule has 0 aliphatic carbocycles. The maximum atomic E-state index is 5.89. The topological polar surface area (TPSA) is 69.1 Å². The fourth-order valence-electron chi connectivity index (χ4n) is 2.05. The van der Waals surface area contributed by atoms with Crippen LogP contribution in [0.5, 0.6) is 0 Å². The Kier molecular flexibility index (Phi) is 3.72. The zero-order chi connectivity index (χ0) is 15.6. The maximum absolute atomic E-state index is 5.89. The van der Waals surface area contributed by atoms with Crippen LogP contribution in [-0.4, -0.2) is 24.7 Å². The van der Waals surface area contributed by atoms with Crippen LogP contribution < -0.4 is 0 Å². The standard InChI is InChI=1S/C15H10ClN5OS/c16-11-4-2-10(3-5-11)13-8-12(22-20-13)9-23-15-18-14-17-6-1-7-21(14)19-15/h1-8H,9H2. The highest BCUT2D eigenvalue weighted by Gasteiger charge is 2.10. The second-order valence-corrected chi connectivity index (χ2v) is 6.11. The Morgan fingerprint density at radius 2 is 2.09 bits per heavy atom. The van der Waals surface area contributed by atoms with Crippen molar-refractivity contribution in [2.75, 3.05) is 0 Å². The minimum absolute atomic E-state index is 0.578. The Bertz CT molecular complexity index is 917. The third-order valence-electron chi connectivity index (χ3n) is 3.14. The third-order valence-corrected chi connectivity index (χ3v) is 4.25. The predicted octanol–water partition coefficient (Wildman–Crippen LogP) is 3.73. The summed E-state index contributed by atoms with van der Waals surface area (Å²) in [5, 5.41) is 9.75. The van der Waals surface area contributed by atoms with Gasteiger partial charge in [-0.1, -0.05) is 40.7 Å². The Labute approximate surface area is 140 Å². The molecule has 6 nitrogen and oxygen atoms in total. The van der Waals surface area contributed by atoms with Crippen LogP contribution in [0.25, 0.3) is 17.0 Å². The number of rotatable bonds is 4. The molecule has 0 amide bonds. The van der Waals surface area contributed by atoms with E-state index in [-0.39, 0.29) is 0 Å². The average Bonchev–Trinajstić information content (AvgIpc) is 3.20. The van der Waals surface area contributed by atoms with E-state index in [1.54, 1.807) is 10.7 Å². The minimum Gasteiger partial charge on any atom is -0.360 e. The van der Waals surface area contributed by atoms with Gasteiger partial charge in [0.15, 0.2) is 0 Å². The minimum atomic E-state index is 0.578. The van der Waals surface area contributed by atoms with Crippen LogP contribution in [0.3, 0.4) is 0 Å². The molecule has 1 aromatic carbocycles. The normalized spacial score (nSPS) is 11.2. The first-order valence-electron chi connectivity index (χ1n) is 6.80. The van der Waals surface area contributed by atoms with E-state index < -0.39 is 0 Å². The first-order chi connectivity index (χ1) is 11.3. The summed E-state index contributed by atoms with van der Waals surface area (Å²) in [5.74, 6) is 1.93. The molecular formula is C15H10ClN5OS. The summed E-state index contributed by atoms with van der Waals surface area (Å²) in [6, 6.07) is 11.2. The van der Waals surface area contributed by atoms with Gasteiger partial charge in [-0.2, -0.15) is 4.98 Å². The summed E-state index contributed by atoms with van der Waals surface area (Å²) in [7, 11) is 0. The Morgan fingerprint density at radius 3 is 2.91 bits per heavy atom. The van der Waals surface area contributed by atoms with Crippen molar-refractivity contribution in [2.24, 2.45) is 0 Å². The van der Waals surface area contributed by atoms with Crippen LogP contribution >= 0.6 is 23.4 Å². The second-order valence-electron chi connectivity index (χ2n) is 4.73.